The molecular formula is C13H16O3. The van der Waals surface area contributed by atoms with Crippen LogP contribution in [0.25, 0.3) is 0 Å². The minimum atomic E-state index is -0.328. The highest BCUT2D eigenvalue weighted by molar-refractivity contribution is 5.91. The van der Waals surface area contributed by atoms with E-state index in [4.69, 9.17) is 4.74 Å². The minimum absolute atomic E-state index is 0.0821. The van der Waals surface area contributed by atoms with Crippen molar-refractivity contribution in [3.8, 4) is 0 Å². The Morgan fingerprint density at radius 3 is 2.56 bits per heavy atom. The molecular weight excluding hydrogens is 204 g/mol. The molecule has 0 unspecified atom stereocenters. The average molecular weight is 220 g/mol. The molecule has 0 N–H and O–H groups in total. The summed E-state index contributed by atoms with van der Waals surface area (Å²) in [6.07, 6.45) is 0.354. The van der Waals surface area contributed by atoms with E-state index in [0.717, 1.165) is 11.1 Å². The van der Waals surface area contributed by atoms with Gasteiger partial charge in [0.25, 0.3) is 0 Å². The van der Waals surface area contributed by atoms with Crippen molar-refractivity contribution in [1.82, 2.24) is 0 Å². The number of ether oxygens (including phenoxy) is 1. The van der Waals surface area contributed by atoms with Crippen LogP contribution in [0.3, 0.4) is 0 Å². The summed E-state index contributed by atoms with van der Waals surface area (Å²) in [6, 6.07) is 5.43. The van der Waals surface area contributed by atoms with Crippen LogP contribution in [0.15, 0.2) is 18.2 Å². The summed E-state index contributed by atoms with van der Waals surface area (Å²) in [5.74, 6) is -0.246. The van der Waals surface area contributed by atoms with Crippen LogP contribution in [0.4, 0.5) is 0 Å². The molecule has 0 amide bonds. The van der Waals surface area contributed by atoms with E-state index in [1.807, 2.05) is 19.1 Å². The van der Waals surface area contributed by atoms with Crippen molar-refractivity contribution >= 4 is 11.8 Å². The lowest BCUT2D eigenvalue weighted by Gasteiger charge is -2.07. The van der Waals surface area contributed by atoms with E-state index in [-0.39, 0.29) is 11.8 Å². The predicted octanol–water partition coefficient (Wildman–Crippen LogP) is 2.30. The molecule has 0 fully saturated rings. The Morgan fingerprint density at radius 1 is 1.31 bits per heavy atom. The van der Waals surface area contributed by atoms with Crippen molar-refractivity contribution in [3.05, 3.63) is 34.9 Å². The Hall–Kier alpha value is -1.64. The molecule has 0 atom stereocenters. The first-order chi connectivity index (χ1) is 7.54. The Morgan fingerprint density at radius 2 is 2.00 bits per heavy atom. The first-order valence-corrected chi connectivity index (χ1v) is 5.30. The zero-order valence-electron chi connectivity index (χ0n) is 9.87. The lowest BCUT2D eigenvalue weighted by atomic mass is 10.0. The van der Waals surface area contributed by atoms with Gasteiger partial charge in [0.15, 0.2) is 0 Å². The zero-order chi connectivity index (χ0) is 12.1. The van der Waals surface area contributed by atoms with Gasteiger partial charge in [-0.3, -0.25) is 4.79 Å². The molecule has 0 aromatic heterocycles. The van der Waals surface area contributed by atoms with Crippen molar-refractivity contribution in [2.75, 3.05) is 6.61 Å². The van der Waals surface area contributed by atoms with Crippen molar-refractivity contribution in [1.29, 1.82) is 0 Å². The molecule has 0 aliphatic carbocycles. The highest BCUT2D eigenvalue weighted by atomic mass is 16.5. The first-order valence-electron chi connectivity index (χ1n) is 5.30. The monoisotopic (exact) mass is 220 g/mol. The van der Waals surface area contributed by atoms with Gasteiger partial charge in [-0.15, -0.1) is 0 Å². The van der Waals surface area contributed by atoms with Gasteiger partial charge >= 0.3 is 5.97 Å². The normalized spacial score (nSPS) is 9.94. The molecule has 0 saturated heterocycles. The molecule has 0 heterocycles. The lowest BCUT2D eigenvalue weighted by molar-refractivity contribution is -0.116. The fraction of sp³-hybridized carbons (Fsp3) is 0.385. The van der Waals surface area contributed by atoms with Crippen molar-refractivity contribution in [2.45, 2.75) is 27.2 Å². The zero-order valence-corrected chi connectivity index (χ0v) is 9.87. The third-order valence-electron chi connectivity index (χ3n) is 2.25. The number of carbonyl (C=O) groups is 2. The minimum Gasteiger partial charge on any atom is -0.462 e. The topological polar surface area (TPSA) is 43.4 Å². The summed E-state index contributed by atoms with van der Waals surface area (Å²) >= 11 is 0. The van der Waals surface area contributed by atoms with E-state index < -0.39 is 0 Å². The van der Waals surface area contributed by atoms with E-state index in [9.17, 15) is 9.59 Å². The molecule has 86 valence electrons. The number of ketones is 1. The maximum atomic E-state index is 11.6. The molecule has 16 heavy (non-hydrogen) atoms. The molecule has 0 radical (unpaired) electrons. The molecule has 0 aliphatic rings. The SMILES string of the molecule is CCOC(=O)c1cc(CC(C)=O)ccc1C. The second kappa shape index (κ2) is 5.45. The van der Waals surface area contributed by atoms with Gasteiger partial charge in [0.2, 0.25) is 0 Å². The van der Waals surface area contributed by atoms with Gasteiger partial charge in [-0.05, 0) is 38.0 Å². The molecule has 0 aliphatic heterocycles. The largest absolute Gasteiger partial charge is 0.462 e. The summed E-state index contributed by atoms with van der Waals surface area (Å²) in [5, 5.41) is 0. The first kappa shape index (κ1) is 12.4. The third-order valence-corrected chi connectivity index (χ3v) is 2.25. The Labute approximate surface area is 95.4 Å². The quantitative estimate of drug-likeness (QED) is 0.731. The molecule has 0 spiro atoms. The van der Waals surface area contributed by atoms with E-state index in [1.165, 1.54) is 6.92 Å². The summed E-state index contributed by atoms with van der Waals surface area (Å²) in [6.45, 7) is 5.51. The highest BCUT2D eigenvalue weighted by Gasteiger charge is 2.11. The molecule has 3 nitrogen and oxygen atoms in total. The van der Waals surface area contributed by atoms with Crippen molar-refractivity contribution in [2.24, 2.45) is 0 Å². The number of carbonyl (C=O) groups excluding carboxylic acids is 2. The molecule has 3 heteroatoms. The van der Waals surface area contributed by atoms with Crippen LogP contribution < -0.4 is 0 Å². The smallest absolute Gasteiger partial charge is 0.338 e. The Balaban J connectivity index is 2.98. The van der Waals surface area contributed by atoms with Crippen LogP contribution in [-0.4, -0.2) is 18.4 Å². The third kappa shape index (κ3) is 3.19. The van der Waals surface area contributed by atoms with Gasteiger partial charge in [-0.2, -0.15) is 0 Å². The molecule has 0 bridgehead atoms. The van der Waals surface area contributed by atoms with Gasteiger partial charge in [0.05, 0.1) is 12.2 Å². The molecule has 1 aromatic rings. The second-order valence-corrected chi connectivity index (χ2v) is 3.75. The maximum Gasteiger partial charge on any atom is 0.338 e. The van der Waals surface area contributed by atoms with Gasteiger partial charge in [0, 0.05) is 6.42 Å². The number of aryl methyl sites for hydroxylation is 1. The van der Waals surface area contributed by atoms with Crippen LogP contribution >= 0.6 is 0 Å². The number of benzene rings is 1. The van der Waals surface area contributed by atoms with E-state index in [2.05, 4.69) is 0 Å². The van der Waals surface area contributed by atoms with Gasteiger partial charge < -0.3 is 4.74 Å². The van der Waals surface area contributed by atoms with Gasteiger partial charge in [0.1, 0.15) is 5.78 Å². The second-order valence-electron chi connectivity index (χ2n) is 3.75. The van der Waals surface area contributed by atoms with Crippen LogP contribution in [-0.2, 0) is 16.0 Å². The summed E-state index contributed by atoms with van der Waals surface area (Å²) in [4.78, 5) is 22.6. The number of hydrogen-bond acceptors (Lipinski definition) is 3. The number of hydrogen-bond donors (Lipinski definition) is 0. The summed E-state index contributed by atoms with van der Waals surface area (Å²) in [7, 11) is 0. The fourth-order valence-corrected chi connectivity index (χ4v) is 1.50. The van der Waals surface area contributed by atoms with Crippen LogP contribution in [0.5, 0.6) is 0 Å². The van der Waals surface area contributed by atoms with Crippen LogP contribution in [0, 0.1) is 6.92 Å². The van der Waals surface area contributed by atoms with Crippen molar-refractivity contribution < 1.29 is 14.3 Å². The average Bonchev–Trinajstić information content (AvgIpc) is 2.20. The van der Waals surface area contributed by atoms with Gasteiger partial charge in [-0.25, -0.2) is 4.79 Å². The summed E-state index contributed by atoms with van der Waals surface area (Å²) in [5.41, 5.74) is 2.26. The number of esters is 1. The summed E-state index contributed by atoms with van der Waals surface area (Å²) < 4.78 is 4.94. The Bertz CT molecular complexity index is 408. The van der Waals surface area contributed by atoms with E-state index in [0.29, 0.717) is 18.6 Å². The predicted molar refractivity (Wildman–Crippen MR) is 61.5 cm³/mol. The van der Waals surface area contributed by atoms with Crippen LogP contribution in [0.1, 0.15) is 35.3 Å². The Kier molecular flexibility index (Phi) is 4.23. The fourth-order valence-electron chi connectivity index (χ4n) is 1.50. The molecule has 0 saturated carbocycles. The van der Waals surface area contributed by atoms with Gasteiger partial charge in [-0.1, -0.05) is 12.1 Å². The van der Waals surface area contributed by atoms with E-state index >= 15 is 0 Å². The molecule has 1 rings (SSSR count). The standard InChI is InChI=1S/C13H16O3/c1-4-16-13(15)12-8-11(7-10(3)14)6-5-9(12)2/h5-6,8H,4,7H2,1-3H3. The maximum absolute atomic E-state index is 11.6. The van der Waals surface area contributed by atoms with E-state index in [1.54, 1.807) is 13.0 Å². The lowest BCUT2D eigenvalue weighted by Crippen LogP contribution is -2.08. The number of Topliss-reactive ketones (excluding diaryl/α,β-unsaturated/α-hetero) is 1. The molecule has 1 aromatic carbocycles. The number of rotatable bonds is 4. The van der Waals surface area contributed by atoms with Crippen LogP contribution in [0.2, 0.25) is 0 Å². The van der Waals surface area contributed by atoms with Crippen molar-refractivity contribution in [3.63, 3.8) is 0 Å². The highest BCUT2D eigenvalue weighted by Crippen LogP contribution is 2.13.